The Morgan fingerprint density at radius 1 is 1.78 bits per heavy atom. The van der Waals surface area contributed by atoms with Crippen molar-refractivity contribution < 1.29 is 13.6 Å². The van der Waals surface area contributed by atoms with Crippen LogP contribution in [0, 0.1) is 0 Å². The molecule has 0 aliphatic heterocycles. The molecule has 0 bridgehead atoms. The van der Waals surface area contributed by atoms with Crippen molar-refractivity contribution in [2.45, 2.75) is 6.92 Å². The fourth-order valence-corrected chi connectivity index (χ4v) is 0.579. The lowest BCUT2D eigenvalue weighted by Gasteiger charge is -2.03. The summed E-state index contributed by atoms with van der Waals surface area (Å²) in [6, 6.07) is 0. The van der Waals surface area contributed by atoms with E-state index in [9.17, 15) is 13.6 Å². The van der Waals surface area contributed by atoms with E-state index in [1.807, 2.05) is 0 Å². The largest absolute Gasteiger partial charge is 0.772 e. The molecule has 0 saturated carbocycles. The summed E-state index contributed by atoms with van der Waals surface area (Å²) >= 11 is -2.05. The molecule has 0 aliphatic carbocycles. The molecule has 0 fully saturated rings. The highest BCUT2D eigenvalue weighted by molar-refractivity contribution is 7.79. The SMILES string of the molecule is CC(=O)NCCS(=O)[O-]. The Bertz CT molecular complexity index is 111. The molecule has 0 aromatic heterocycles. The van der Waals surface area contributed by atoms with Crippen LogP contribution in [0.4, 0.5) is 0 Å². The molecule has 9 heavy (non-hydrogen) atoms. The van der Waals surface area contributed by atoms with E-state index in [1.54, 1.807) is 0 Å². The van der Waals surface area contributed by atoms with E-state index in [2.05, 4.69) is 5.32 Å². The second-order valence-corrected chi connectivity index (χ2v) is 2.51. The summed E-state index contributed by atoms with van der Waals surface area (Å²) < 4.78 is 19.7. The Labute approximate surface area is 55.9 Å². The van der Waals surface area contributed by atoms with Gasteiger partial charge in [0.25, 0.3) is 0 Å². The second-order valence-electron chi connectivity index (χ2n) is 1.49. The first-order valence-corrected chi connectivity index (χ1v) is 3.67. The molecule has 0 spiro atoms. The predicted octanol–water partition coefficient (Wildman–Crippen LogP) is -0.998. The molecule has 1 atom stereocenters. The van der Waals surface area contributed by atoms with Crippen LogP contribution in [0.1, 0.15) is 6.92 Å². The van der Waals surface area contributed by atoms with Crippen LogP contribution in [0.5, 0.6) is 0 Å². The minimum atomic E-state index is -2.05. The molecule has 0 heterocycles. The molecule has 0 aromatic carbocycles. The summed E-state index contributed by atoms with van der Waals surface area (Å²) in [7, 11) is 0. The Morgan fingerprint density at radius 2 is 2.33 bits per heavy atom. The van der Waals surface area contributed by atoms with Crippen LogP contribution in [-0.2, 0) is 15.9 Å². The number of carbonyl (C=O) groups excluding carboxylic acids is 1. The van der Waals surface area contributed by atoms with E-state index in [4.69, 9.17) is 0 Å². The summed E-state index contributed by atoms with van der Waals surface area (Å²) in [5.41, 5.74) is 0. The van der Waals surface area contributed by atoms with Gasteiger partial charge < -0.3 is 9.87 Å². The Hall–Kier alpha value is -0.420. The van der Waals surface area contributed by atoms with Gasteiger partial charge in [-0.25, -0.2) is 0 Å². The highest BCUT2D eigenvalue weighted by Gasteiger charge is 1.87. The number of nitrogens with one attached hydrogen (secondary N) is 1. The minimum Gasteiger partial charge on any atom is -0.772 e. The minimum absolute atomic E-state index is 0.0143. The van der Waals surface area contributed by atoms with Crippen LogP contribution >= 0.6 is 0 Å². The van der Waals surface area contributed by atoms with E-state index in [0.29, 0.717) is 0 Å². The van der Waals surface area contributed by atoms with Gasteiger partial charge in [0.2, 0.25) is 5.91 Å². The van der Waals surface area contributed by atoms with Gasteiger partial charge in [0, 0.05) is 19.2 Å². The molecule has 0 radical (unpaired) electrons. The molecule has 1 amide bonds. The maximum absolute atomic E-state index is 10.1. The molecule has 0 aliphatic rings. The van der Waals surface area contributed by atoms with Gasteiger partial charge in [-0.05, 0) is 0 Å². The van der Waals surface area contributed by atoms with Crippen LogP contribution in [0.15, 0.2) is 0 Å². The number of amides is 1. The number of hydrogen-bond acceptors (Lipinski definition) is 3. The normalized spacial score (nSPS) is 12.7. The van der Waals surface area contributed by atoms with E-state index in [1.165, 1.54) is 6.92 Å². The van der Waals surface area contributed by atoms with Gasteiger partial charge in [0.05, 0.1) is 0 Å². The van der Waals surface area contributed by atoms with Crippen molar-refractivity contribution in [1.82, 2.24) is 5.32 Å². The van der Waals surface area contributed by atoms with Crippen molar-refractivity contribution in [3.05, 3.63) is 0 Å². The van der Waals surface area contributed by atoms with Gasteiger partial charge in [0.15, 0.2) is 0 Å². The van der Waals surface area contributed by atoms with Crippen LogP contribution in [0.25, 0.3) is 0 Å². The average molecular weight is 150 g/mol. The molecule has 54 valence electrons. The highest BCUT2D eigenvalue weighted by Crippen LogP contribution is 1.69. The Morgan fingerprint density at radius 3 is 2.67 bits per heavy atom. The zero-order valence-electron chi connectivity index (χ0n) is 5.05. The molecule has 1 unspecified atom stereocenters. The number of rotatable bonds is 3. The molecular formula is C4H8NO3S-. The summed E-state index contributed by atoms with van der Waals surface area (Å²) in [5.74, 6) is -0.222. The average Bonchev–Trinajstić information content (AvgIpc) is 1.63. The summed E-state index contributed by atoms with van der Waals surface area (Å²) in [6.45, 7) is 1.54. The Kier molecular flexibility index (Phi) is 4.25. The second kappa shape index (κ2) is 4.46. The van der Waals surface area contributed by atoms with Crippen molar-refractivity contribution in [3.8, 4) is 0 Å². The van der Waals surface area contributed by atoms with Gasteiger partial charge >= 0.3 is 0 Å². The number of carbonyl (C=O) groups is 1. The molecule has 0 aromatic rings. The van der Waals surface area contributed by atoms with Crippen molar-refractivity contribution in [1.29, 1.82) is 0 Å². The standard InChI is InChI=1S/C4H9NO3S/c1-4(6)5-2-3-9(7)8/h2-3H2,1H3,(H,5,6)(H,7,8)/p-1. The predicted molar refractivity (Wildman–Crippen MR) is 32.5 cm³/mol. The number of hydrogen-bond donors (Lipinski definition) is 1. The smallest absolute Gasteiger partial charge is 0.216 e. The molecule has 0 rings (SSSR count). The third-order valence-electron chi connectivity index (χ3n) is 0.643. The maximum atomic E-state index is 10.1. The fourth-order valence-electron chi connectivity index (χ4n) is 0.310. The first-order chi connectivity index (χ1) is 4.13. The fraction of sp³-hybridized carbons (Fsp3) is 0.750. The Balaban J connectivity index is 3.10. The van der Waals surface area contributed by atoms with Crippen molar-refractivity contribution >= 4 is 17.0 Å². The van der Waals surface area contributed by atoms with Crippen molar-refractivity contribution in [2.24, 2.45) is 0 Å². The quantitative estimate of drug-likeness (QED) is 0.525. The topological polar surface area (TPSA) is 69.2 Å². The molecule has 5 heteroatoms. The van der Waals surface area contributed by atoms with Crippen molar-refractivity contribution in [2.75, 3.05) is 12.3 Å². The highest BCUT2D eigenvalue weighted by atomic mass is 32.2. The van der Waals surface area contributed by atoms with Gasteiger partial charge in [-0.1, -0.05) is 11.1 Å². The maximum Gasteiger partial charge on any atom is 0.216 e. The van der Waals surface area contributed by atoms with Crippen molar-refractivity contribution in [3.63, 3.8) is 0 Å². The zero-order chi connectivity index (χ0) is 7.28. The molecule has 4 nitrogen and oxygen atoms in total. The summed E-state index contributed by atoms with van der Waals surface area (Å²) in [6.07, 6.45) is 0. The first-order valence-electron chi connectivity index (χ1n) is 2.43. The van der Waals surface area contributed by atoms with Gasteiger partial charge in [-0.15, -0.1) is 0 Å². The summed E-state index contributed by atoms with van der Waals surface area (Å²) in [5, 5.41) is 2.34. The molecule has 0 saturated heterocycles. The van der Waals surface area contributed by atoms with Crippen LogP contribution in [-0.4, -0.2) is 27.0 Å². The molecular weight excluding hydrogens is 142 g/mol. The van der Waals surface area contributed by atoms with E-state index < -0.39 is 11.1 Å². The van der Waals surface area contributed by atoms with Crippen LogP contribution < -0.4 is 5.32 Å². The van der Waals surface area contributed by atoms with E-state index in [-0.39, 0.29) is 18.2 Å². The lowest BCUT2D eigenvalue weighted by Crippen LogP contribution is -2.24. The zero-order valence-corrected chi connectivity index (χ0v) is 5.86. The lowest BCUT2D eigenvalue weighted by atomic mass is 10.6. The van der Waals surface area contributed by atoms with Crippen LogP contribution in [0.3, 0.4) is 0 Å². The van der Waals surface area contributed by atoms with E-state index >= 15 is 0 Å². The third-order valence-corrected chi connectivity index (χ3v) is 1.18. The molecule has 1 N–H and O–H groups in total. The monoisotopic (exact) mass is 150 g/mol. The first kappa shape index (κ1) is 8.58. The van der Waals surface area contributed by atoms with Gasteiger partial charge in [0.1, 0.15) is 0 Å². The lowest BCUT2D eigenvalue weighted by molar-refractivity contribution is -0.118. The van der Waals surface area contributed by atoms with Crippen LogP contribution in [0.2, 0.25) is 0 Å². The summed E-state index contributed by atoms with van der Waals surface area (Å²) in [4.78, 5) is 10.1. The van der Waals surface area contributed by atoms with E-state index in [0.717, 1.165) is 0 Å². The van der Waals surface area contributed by atoms with Gasteiger partial charge in [-0.2, -0.15) is 0 Å². The van der Waals surface area contributed by atoms with Gasteiger partial charge in [-0.3, -0.25) is 9.00 Å². The third kappa shape index (κ3) is 7.58.